The fourth-order valence-corrected chi connectivity index (χ4v) is 3.93. The van der Waals surface area contributed by atoms with Crippen LogP contribution in [0.5, 0.6) is 5.75 Å². The number of halogens is 1. The molecular weight excluding hydrogens is 372 g/mol. The summed E-state index contributed by atoms with van der Waals surface area (Å²) in [4.78, 5) is 3.38. The van der Waals surface area contributed by atoms with E-state index in [0.717, 1.165) is 16.5 Å². The molecule has 0 spiro atoms. The molecule has 0 bridgehead atoms. The fourth-order valence-electron chi connectivity index (χ4n) is 2.73. The van der Waals surface area contributed by atoms with Gasteiger partial charge in [0.25, 0.3) is 0 Å². The molecule has 7 heteroatoms. The number of aromatic nitrogens is 1. The average Bonchev–Trinajstić information content (AvgIpc) is 2.97. The van der Waals surface area contributed by atoms with Crippen LogP contribution in [0.2, 0.25) is 5.02 Å². The van der Waals surface area contributed by atoms with Crippen molar-refractivity contribution < 1.29 is 13.2 Å². The molecule has 0 atom stereocenters. The molecule has 1 heterocycles. The van der Waals surface area contributed by atoms with E-state index in [1.165, 1.54) is 0 Å². The van der Waals surface area contributed by atoms with Crippen molar-refractivity contribution in [1.29, 1.82) is 0 Å². The number of H-pyrrole nitrogens is 1. The number of benzene rings is 2. The van der Waals surface area contributed by atoms with Gasteiger partial charge in [0.2, 0.25) is 10.0 Å². The van der Waals surface area contributed by atoms with Crippen molar-refractivity contribution >= 4 is 32.5 Å². The first-order chi connectivity index (χ1) is 12.3. The smallest absolute Gasteiger partial charge is 0.240 e. The molecule has 5 nitrogen and oxygen atoms in total. The van der Waals surface area contributed by atoms with Gasteiger partial charge in [-0.25, -0.2) is 13.1 Å². The van der Waals surface area contributed by atoms with Gasteiger partial charge >= 0.3 is 0 Å². The zero-order chi connectivity index (χ0) is 18.7. The minimum atomic E-state index is -3.56. The van der Waals surface area contributed by atoms with Crippen LogP contribution in [0.15, 0.2) is 53.6 Å². The molecule has 2 aromatic carbocycles. The quantitative estimate of drug-likeness (QED) is 0.635. The number of hydrogen-bond acceptors (Lipinski definition) is 3. The molecule has 0 unspecified atom stereocenters. The van der Waals surface area contributed by atoms with E-state index in [1.807, 2.05) is 38.2 Å². The van der Waals surface area contributed by atoms with E-state index < -0.39 is 10.0 Å². The van der Waals surface area contributed by atoms with Gasteiger partial charge in [0.05, 0.1) is 11.0 Å². The van der Waals surface area contributed by atoms with Gasteiger partial charge in [0.1, 0.15) is 5.75 Å². The molecule has 26 heavy (non-hydrogen) atoms. The molecular formula is C19H21ClN2O3S. The Kier molecular flexibility index (Phi) is 5.55. The number of aromatic amines is 1. The molecule has 3 rings (SSSR count). The minimum absolute atomic E-state index is 0.0419. The van der Waals surface area contributed by atoms with E-state index in [0.29, 0.717) is 23.7 Å². The largest absolute Gasteiger partial charge is 0.491 e. The molecule has 0 saturated carbocycles. The van der Waals surface area contributed by atoms with Crippen molar-refractivity contribution in [3.8, 4) is 5.75 Å². The summed E-state index contributed by atoms with van der Waals surface area (Å²) in [5.41, 5.74) is 2.00. The van der Waals surface area contributed by atoms with Crippen LogP contribution < -0.4 is 9.46 Å². The first-order valence-electron chi connectivity index (χ1n) is 8.37. The molecule has 138 valence electrons. The van der Waals surface area contributed by atoms with Gasteiger partial charge in [-0.05, 0) is 68.3 Å². The Labute approximate surface area is 158 Å². The van der Waals surface area contributed by atoms with Crippen LogP contribution in [0.4, 0.5) is 0 Å². The topological polar surface area (TPSA) is 71.2 Å². The lowest BCUT2D eigenvalue weighted by atomic mass is 10.1. The normalized spacial score (nSPS) is 12.0. The third-order valence-electron chi connectivity index (χ3n) is 3.92. The Morgan fingerprint density at radius 3 is 2.58 bits per heavy atom. The maximum atomic E-state index is 12.4. The lowest BCUT2D eigenvalue weighted by Gasteiger charge is -2.11. The van der Waals surface area contributed by atoms with Crippen LogP contribution in [0.3, 0.4) is 0 Å². The minimum Gasteiger partial charge on any atom is -0.491 e. The van der Waals surface area contributed by atoms with Crippen LogP contribution in [0, 0.1) is 0 Å². The van der Waals surface area contributed by atoms with E-state index in [9.17, 15) is 8.42 Å². The van der Waals surface area contributed by atoms with Gasteiger partial charge < -0.3 is 9.72 Å². The summed E-state index contributed by atoms with van der Waals surface area (Å²) in [6.45, 7) is 4.14. The number of ether oxygens (including phenoxy) is 1. The molecule has 0 aliphatic rings. The number of hydrogen-bond donors (Lipinski definition) is 2. The van der Waals surface area contributed by atoms with Crippen molar-refractivity contribution in [3.63, 3.8) is 0 Å². The summed E-state index contributed by atoms with van der Waals surface area (Å²) in [7, 11) is -3.56. The summed E-state index contributed by atoms with van der Waals surface area (Å²) < 4.78 is 33.0. The molecule has 0 aliphatic carbocycles. The van der Waals surface area contributed by atoms with Crippen molar-refractivity contribution in [3.05, 3.63) is 59.2 Å². The highest BCUT2D eigenvalue weighted by molar-refractivity contribution is 7.89. The predicted octanol–water partition coefficient (Wildman–Crippen LogP) is 4.13. The fraction of sp³-hybridized carbons (Fsp3) is 0.263. The van der Waals surface area contributed by atoms with Crippen molar-refractivity contribution in [2.45, 2.75) is 31.3 Å². The summed E-state index contributed by atoms with van der Waals surface area (Å²) >= 11 is 6.04. The van der Waals surface area contributed by atoms with Gasteiger partial charge in [-0.15, -0.1) is 0 Å². The van der Waals surface area contributed by atoms with Gasteiger partial charge in [-0.2, -0.15) is 0 Å². The summed E-state index contributed by atoms with van der Waals surface area (Å²) in [6.07, 6.45) is 2.49. The Hall–Kier alpha value is -2.02. The number of fused-ring (bicyclic) bond motifs is 1. The number of nitrogens with one attached hydrogen (secondary N) is 2. The SMILES string of the molecule is CC(C)Oc1ccc(S(=O)(=O)NCCc2c[nH]c3ccc(Cl)cc23)cc1. The number of sulfonamides is 1. The Morgan fingerprint density at radius 1 is 1.15 bits per heavy atom. The van der Waals surface area contributed by atoms with Gasteiger partial charge in [0.15, 0.2) is 0 Å². The monoisotopic (exact) mass is 392 g/mol. The summed E-state index contributed by atoms with van der Waals surface area (Å²) in [5, 5.41) is 1.66. The Bertz CT molecular complexity index is 995. The first-order valence-corrected chi connectivity index (χ1v) is 10.2. The first kappa shape index (κ1) is 18.8. The van der Waals surface area contributed by atoms with Gasteiger partial charge in [0, 0.05) is 28.7 Å². The van der Waals surface area contributed by atoms with Crippen LogP contribution in [-0.4, -0.2) is 26.1 Å². The van der Waals surface area contributed by atoms with Crippen molar-refractivity contribution in [2.75, 3.05) is 6.54 Å². The van der Waals surface area contributed by atoms with E-state index in [2.05, 4.69) is 9.71 Å². The average molecular weight is 393 g/mol. The van der Waals surface area contributed by atoms with Crippen LogP contribution in [0.1, 0.15) is 19.4 Å². The Morgan fingerprint density at radius 2 is 1.88 bits per heavy atom. The standard InChI is InChI=1S/C19H21ClN2O3S/c1-13(2)25-16-4-6-17(7-5-16)26(23,24)22-10-9-14-12-21-19-8-3-15(20)11-18(14)19/h3-8,11-13,21-22H,9-10H2,1-2H3. The molecule has 0 saturated heterocycles. The summed E-state index contributed by atoms with van der Waals surface area (Å²) in [5.74, 6) is 0.648. The molecule has 0 radical (unpaired) electrons. The number of rotatable bonds is 7. The van der Waals surface area contributed by atoms with Crippen molar-refractivity contribution in [1.82, 2.24) is 9.71 Å². The molecule has 2 N–H and O–H groups in total. The highest BCUT2D eigenvalue weighted by Crippen LogP contribution is 2.23. The molecule has 1 aromatic heterocycles. The zero-order valence-electron chi connectivity index (χ0n) is 14.6. The van der Waals surface area contributed by atoms with Crippen molar-refractivity contribution in [2.24, 2.45) is 0 Å². The lowest BCUT2D eigenvalue weighted by molar-refractivity contribution is 0.242. The Balaban J connectivity index is 1.65. The highest BCUT2D eigenvalue weighted by atomic mass is 35.5. The second-order valence-corrected chi connectivity index (χ2v) is 8.49. The zero-order valence-corrected chi connectivity index (χ0v) is 16.2. The van der Waals surface area contributed by atoms with E-state index in [4.69, 9.17) is 16.3 Å². The van der Waals surface area contributed by atoms with E-state index in [1.54, 1.807) is 24.3 Å². The third-order valence-corrected chi connectivity index (χ3v) is 5.63. The van der Waals surface area contributed by atoms with Crippen LogP contribution >= 0.6 is 11.6 Å². The second kappa shape index (κ2) is 7.70. The third kappa shape index (κ3) is 4.38. The highest BCUT2D eigenvalue weighted by Gasteiger charge is 2.14. The van der Waals surface area contributed by atoms with Crippen LogP contribution in [-0.2, 0) is 16.4 Å². The summed E-state index contributed by atoms with van der Waals surface area (Å²) in [6, 6.07) is 12.0. The maximum absolute atomic E-state index is 12.4. The lowest BCUT2D eigenvalue weighted by Crippen LogP contribution is -2.25. The van der Waals surface area contributed by atoms with E-state index >= 15 is 0 Å². The molecule has 3 aromatic rings. The molecule has 0 amide bonds. The predicted molar refractivity (Wildman–Crippen MR) is 104 cm³/mol. The maximum Gasteiger partial charge on any atom is 0.240 e. The second-order valence-electron chi connectivity index (χ2n) is 6.29. The molecule has 0 aliphatic heterocycles. The molecule has 0 fully saturated rings. The van der Waals surface area contributed by atoms with Crippen LogP contribution in [0.25, 0.3) is 10.9 Å². The van der Waals surface area contributed by atoms with Gasteiger partial charge in [-0.1, -0.05) is 11.6 Å². The van der Waals surface area contributed by atoms with E-state index in [-0.39, 0.29) is 11.0 Å². The van der Waals surface area contributed by atoms with Gasteiger partial charge in [-0.3, -0.25) is 0 Å².